The van der Waals surface area contributed by atoms with Crippen LogP contribution in [0, 0.1) is 0 Å². The zero-order chi connectivity index (χ0) is 16.0. The van der Waals surface area contributed by atoms with Crippen molar-refractivity contribution in [3.63, 3.8) is 0 Å². The van der Waals surface area contributed by atoms with Crippen LogP contribution in [0.4, 0.5) is 5.13 Å². The van der Waals surface area contributed by atoms with Gasteiger partial charge >= 0.3 is 0 Å². The molecule has 0 aromatic carbocycles. The van der Waals surface area contributed by atoms with E-state index in [0.29, 0.717) is 11.6 Å². The average Bonchev–Trinajstić information content (AvgIpc) is 2.93. The van der Waals surface area contributed by atoms with Crippen molar-refractivity contribution in [3.8, 4) is 0 Å². The van der Waals surface area contributed by atoms with Crippen molar-refractivity contribution in [3.05, 3.63) is 0 Å². The Morgan fingerprint density at radius 1 is 1.00 bits per heavy atom. The summed E-state index contributed by atoms with van der Waals surface area (Å²) >= 11 is 3.10. The zero-order valence-corrected chi connectivity index (χ0v) is 15.5. The molecule has 1 amide bonds. The normalized spacial score (nSPS) is 10.8. The van der Waals surface area contributed by atoms with Crippen molar-refractivity contribution in [1.82, 2.24) is 10.2 Å². The summed E-state index contributed by atoms with van der Waals surface area (Å²) in [5, 5.41) is 11.5. The molecule has 0 saturated carbocycles. The molecule has 1 N–H and O–H groups in total. The van der Waals surface area contributed by atoms with Gasteiger partial charge in [0.1, 0.15) is 0 Å². The van der Waals surface area contributed by atoms with Crippen molar-refractivity contribution in [2.75, 3.05) is 11.1 Å². The lowest BCUT2D eigenvalue weighted by Crippen LogP contribution is -2.10. The fraction of sp³-hybridized carbons (Fsp3) is 0.812. The molecule has 0 fully saturated rings. The van der Waals surface area contributed by atoms with Gasteiger partial charge in [-0.05, 0) is 12.2 Å². The molecule has 4 nitrogen and oxygen atoms in total. The Hall–Kier alpha value is -0.620. The Morgan fingerprint density at radius 3 is 2.27 bits per heavy atom. The van der Waals surface area contributed by atoms with Crippen LogP contribution in [-0.2, 0) is 4.79 Å². The quantitative estimate of drug-likeness (QED) is 0.291. The number of unbranched alkanes of at least 4 members (excludes halogenated alkanes) is 8. The van der Waals surface area contributed by atoms with Gasteiger partial charge in [0, 0.05) is 6.42 Å². The first-order chi connectivity index (χ1) is 10.8. The van der Waals surface area contributed by atoms with Gasteiger partial charge in [0.2, 0.25) is 11.0 Å². The van der Waals surface area contributed by atoms with Crippen molar-refractivity contribution in [1.29, 1.82) is 0 Å². The lowest BCUT2D eigenvalue weighted by molar-refractivity contribution is -0.116. The van der Waals surface area contributed by atoms with E-state index in [-0.39, 0.29) is 5.91 Å². The number of carbonyl (C=O) groups excluding carboxylic acids is 1. The fourth-order valence-electron chi connectivity index (χ4n) is 2.22. The summed E-state index contributed by atoms with van der Waals surface area (Å²) in [6, 6.07) is 0. The smallest absolute Gasteiger partial charge is 0.226 e. The molecule has 1 rings (SSSR count). The van der Waals surface area contributed by atoms with Crippen molar-refractivity contribution < 1.29 is 4.79 Å². The van der Waals surface area contributed by atoms with E-state index in [1.54, 1.807) is 11.8 Å². The van der Waals surface area contributed by atoms with Crippen molar-refractivity contribution >= 4 is 34.1 Å². The van der Waals surface area contributed by atoms with E-state index in [1.165, 1.54) is 56.3 Å². The Bertz CT molecular complexity index is 410. The number of hydrogen-bond donors (Lipinski definition) is 1. The standard InChI is InChI=1S/C16H29N3OS2/c1-3-5-6-7-8-9-10-11-12-13-14(20)17-15-18-19-16(22-15)21-4-2/h3-13H2,1-2H3,(H,17,18,20). The topological polar surface area (TPSA) is 54.9 Å². The highest BCUT2D eigenvalue weighted by Crippen LogP contribution is 2.25. The van der Waals surface area contributed by atoms with Crippen LogP contribution in [0.3, 0.4) is 0 Å². The third-order valence-electron chi connectivity index (χ3n) is 3.43. The second kappa shape index (κ2) is 12.9. The van der Waals surface area contributed by atoms with E-state index in [2.05, 4.69) is 29.4 Å². The van der Waals surface area contributed by atoms with Crippen LogP contribution < -0.4 is 5.32 Å². The maximum atomic E-state index is 11.8. The Kier molecular flexibility index (Phi) is 11.4. The summed E-state index contributed by atoms with van der Waals surface area (Å²) in [6.45, 7) is 4.32. The number of nitrogens with zero attached hydrogens (tertiary/aromatic N) is 2. The second-order valence-electron chi connectivity index (χ2n) is 5.43. The second-order valence-corrected chi connectivity index (χ2v) is 7.92. The number of amides is 1. The highest BCUT2D eigenvalue weighted by Gasteiger charge is 2.07. The van der Waals surface area contributed by atoms with E-state index in [1.807, 2.05) is 0 Å². The largest absolute Gasteiger partial charge is 0.301 e. The molecule has 6 heteroatoms. The lowest BCUT2D eigenvalue weighted by atomic mass is 10.1. The molecule has 0 spiro atoms. The number of anilines is 1. The van der Waals surface area contributed by atoms with E-state index >= 15 is 0 Å². The minimum absolute atomic E-state index is 0.0622. The monoisotopic (exact) mass is 343 g/mol. The van der Waals surface area contributed by atoms with Gasteiger partial charge in [-0.2, -0.15) is 0 Å². The molecular formula is C16H29N3OS2. The fourth-order valence-corrected chi connectivity index (χ4v) is 3.89. The minimum atomic E-state index is 0.0622. The Labute approximate surface area is 142 Å². The first kappa shape index (κ1) is 19.4. The number of aromatic nitrogens is 2. The average molecular weight is 344 g/mol. The first-order valence-electron chi connectivity index (χ1n) is 8.52. The van der Waals surface area contributed by atoms with Gasteiger partial charge in [-0.25, -0.2) is 0 Å². The lowest BCUT2D eigenvalue weighted by Gasteiger charge is -2.02. The third-order valence-corrected chi connectivity index (χ3v) is 5.28. The van der Waals surface area contributed by atoms with Gasteiger partial charge in [0.15, 0.2) is 4.34 Å². The summed E-state index contributed by atoms with van der Waals surface area (Å²) in [4.78, 5) is 11.8. The predicted octanol–water partition coefficient (Wildman–Crippen LogP) is 5.51. The zero-order valence-electron chi connectivity index (χ0n) is 13.9. The van der Waals surface area contributed by atoms with Crippen LogP contribution >= 0.6 is 23.1 Å². The molecular weight excluding hydrogens is 314 g/mol. The maximum Gasteiger partial charge on any atom is 0.226 e. The molecule has 0 aliphatic carbocycles. The van der Waals surface area contributed by atoms with E-state index < -0.39 is 0 Å². The van der Waals surface area contributed by atoms with Crippen molar-refractivity contribution in [2.24, 2.45) is 0 Å². The number of thioether (sulfide) groups is 1. The molecule has 0 aliphatic rings. The Balaban J connectivity index is 1.99. The number of hydrogen-bond acceptors (Lipinski definition) is 5. The van der Waals surface area contributed by atoms with Crippen LogP contribution in [0.15, 0.2) is 4.34 Å². The predicted molar refractivity (Wildman–Crippen MR) is 96.8 cm³/mol. The summed E-state index contributed by atoms with van der Waals surface area (Å²) < 4.78 is 0.917. The number of nitrogens with one attached hydrogen (secondary N) is 1. The van der Waals surface area contributed by atoms with Crippen LogP contribution in [0.2, 0.25) is 0 Å². The van der Waals surface area contributed by atoms with Gasteiger partial charge in [-0.15, -0.1) is 10.2 Å². The van der Waals surface area contributed by atoms with Gasteiger partial charge in [0.25, 0.3) is 0 Å². The molecule has 0 unspecified atom stereocenters. The SMILES string of the molecule is CCCCCCCCCCCC(=O)Nc1nnc(SCC)s1. The Morgan fingerprint density at radius 2 is 1.64 bits per heavy atom. The maximum absolute atomic E-state index is 11.8. The van der Waals surface area contributed by atoms with Gasteiger partial charge < -0.3 is 5.32 Å². The van der Waals surface area contributed by atoms with E-state index in [9.17, 15) is 4.79 Å². The van der Waals surface area contributed by atoms with Crippen molar-refractivity contribution in [2.45, 2.75) is 82.4 Å². The molecule has 22 heavy (non-hydrogen) atoms. The number of carbonyl (C=O) groups is 1. The highest BCUT2D eigenvalue weighted by atomic mass is 32.2. The molecule has 0 saturated heterocycles. The van der Waals surface area contributed by atoms with Gasteiger partial charge in [-0.3, -0.25) is 4.79 Å². The highest BCUT2D eigenvalue weighted by molar-refractivity contribution is 8.01. The molecule has 0 aliphatic heterocycles. The molecule has 0 atom stereocenters. The molecule has 126 valence electrons. The summed E-state index contributed by atoms with van der Waals surface area (Å²) in [7, 11) is 0. The van der Waals surface area contributed by atoms with Gasteiger partial charge in [-0.1, -0.05) is 88.3 Å². The number of rotatable bonds is 13. The van der Waals surface area contributed by atoms with E-state index in [4.69, 9.17) is 0 Å². The van der Waals surface area contributed by atoms with Crippen LogP contribution in [-0.4, -0.2) is 21.9 Å². The summed E-state index contributed by atoms with van der Waals surface area (Å²) in [6.07, 6.45) is 12.0. The molecule has 0 bridgehead atoms. The molecule has 0 radical (unpaired) electrons. The van der Waals surface area contributed by atoms with Gasteiger partial charge in [0.05, 0.1) is 0 Å². The minimum Gasteiger partial charge on any atom is -0.301 e. The molecule has 1 aromatic rings. The third kappa shape index (κ3) is 9.41. The van der Waals surface area contributed by atoms with Crippen LogP contribution in [0.1, 0.15) is 78.1 Å². The molecule has 1 aromatic heterocycles. The van der Waals surface area contributed by atoms with Crippen LogP contribution in [0.25, 0.3) is 0 Å². The first-order valence-corrected chi connectivity index (χ1v) is 10.3. The summed E-state index contributed by atoms with van der Waals surface area (Å²) in [5.74, 6) is 1.04. The van der Waals surface area contributed by atoms with Crippen LogP contribution in [0.5, 0.6) is 0 Å². The summed E-state index contributed by atoms with van der Waals surface area (Å²) in [5.41, 5.74) is 0. The van der Waals surface area contributed by atoms with E-state index in [0.717, 1.165) is 22.9 Å². The molecule has 1 heterocycles.